The van der Waals surface area contributed by atoms with E-state index < -0.39 is 0 Å². The lowest BCUT2D eigenvalue weighted by Crippen LogP contribution is -2.41. The first kappa shape index (κ1) is 17.5. The second-order valence-electron chi connectivity index (χ2n) is 6.68. The molecule has 27 heavy (non-hydrogen) atoms. The number of imidazole rings is 1. The number of piperidine rings is 1. The van der Waals surface area contributed by atoms with Crippen molar-refractivity contribution in [2.24, 2.45) is 0 Å². The van der Waals surface area contributed by atoms with Crippen LogP contribution >= 0.6 is 0 Å². The number of pyridine rings is 1. The van der Waals surface area contributed by atoms with Crippen LogP contribution in [0.25, 0.3) is 11.2 Å². The fourth-order valence-electron chi connectivity index (χ4n) is 3.61. The van der Waals surface area contributed by atoms with E-state index in [0.29, 0.717) is 18.9 Å². The molecule has 1 aliphatic heterocycles. The molecule has 1 N–H and O–H groups in total. The standard InChI is InChI=1S/C20H22N4O3/c25-13-18-22-17-9-4-10-21-19(17)24(18)16-8-5-11-23(12-16)20(26)27-14-15-6-2-1-3-7-15/h1-4,6-7,9-10,16,25H,5,8,11-14H2/t16-/m0/s1. The number of ether oxygens (including phenoxy) is 1. The summed E-state index contributed by atoms with van der Waals surface area (Å²) in [6.07, 6.45) is 3.17. The van der Waals surface area contributed by atoms with E-state index in [4.69, 9.17) is 4.74 Å². The van der Waals surface area contributed by atoms with Gasteiger partial charge in [0.15, 0.2) is 5.65 Å². The van der Waals surface area contributed by atoms with Gasteiger partial charge in [-0.05, 0) is 30.5 Å². The first-order chi connectivity index (χ1) is 13.3. The van der Waals surface area contributed by atoms with Gasteiger partial charge in [-0.15, -0.1) is 0 Å². The van der Waals surface area contributed by atoms with Gasteiger partial charge < -0.3 is 19.3 Å². The van der Waals surface area contributed by atoms with Gasteiger partial charge in [-0.2, -0.15) is 0 Å². The fourth-order valence-corrected chi connectivity index (χ4v) is 3.61. The summed E-state index contributed by atoms with van der Waals surface area (Å²) in [5.41, 5.74) is 2.46. The van der Waals surface area contributed by atoms with Gasteiger partial charge >= 0.3 is 6.09 Å². The predicted octanol–water partition coefficient (Wildman–Crippen LogP) is 2.90. The Hall–Kier alpha value is -2.93. The quantitative estimate of drug-likeness (QED) is 0.768. The van der Waals surface area contributed by atoms with Gasteiger partial charge in [0.25, 0.3) is 0 Å². The second-order valence-corrected chi connectivity index (χ2v) is 6.68. The lowest BCUT2D eigenvalue weighted by Gasteiger charge is -2.33. The van der Waals surface area contributed by atoms with Crippen LogP contribution in [0.4, 0.5) is 4.79 Å². The molecular weight excluding hydrogens is 344 g/mol. The predicted molar refractivity (Wildman–Crippen MR) is 99.9 cm³/mol. The number of rotatable bonds is 4. The normalized spacial score (nSPS) is 17.2. The summed E-state index contributed by atoms with van der Waals surface area (Å²) in [6, 6.07) is 13.4. The molecule has 2 aromatic heterocycles. The number of benzene rings is 1. The number of fused-ring (bicyclic) bond motifs is 1. The van der Waals surface area contributed by atoms with Crippen molar-refractivity contribution in [1.29, 1.82) is 0 Å². The van der Waals surface area contributed by atoms with Crippen molar-refractivity contribution in [3.05, 3.63) is 60.0 Å². The molecule has 0 spiro atoms. The first-order valence-corrected chi connectivity index (χ1v) is 9.14. The van der Waals surface area contributed by atoms with Crippen molar-refractivity contribution in [3.63, 3.8) is 0 Å². The Morgan fingerprint density at radius 2 is 2.07 bits per heavy atom. The summed E-state index contributed by atoms with van der Waals surface area (Å²) in [6.45, 7) is 1.28. The van der Waals surface area contributed by atoms with Crippen molar-refractivity contribution < 1.29 is 14.6 Å². The van der Waals surface area contributed by atoms with E-state index in [2.05, 4.69) is 9.97 Å². The molecule has 7 nitrogen and oxygen atoms in total. The summed E-state index contributed by atoms with van der Waals surface area (Å²) in [5, 5.41) is 9.72. The van der Waals surface area contributed by atoms with Crippen LogP contribution in [0.5, 0.6) is 0 Å². The molecule has 3 heterocycles. The summed E-state index contributed by atoms with van der Waals surface area (Å²) >= 11 is 0. The van der Waals surface area contributed by atoms with E-state index in [-0.39, 0.29) is 25.3 Å². The maximum atomic E-state index is 12.5. The Morgan fingerprint density at radius 3 is 2.89 bits per heavy atom. The SMILES string of the molecule is O=C(OCc1ccccc1)N1CCC[C@H](n2c(CO)nc3cccnc32)C1. The minimum atomic E-state index is -0.313. The number of nitrogens with zero attached hydrogens (tertiary/aromatic N) is 4. The average molecular weight is 366 g/mol. The third kappa shape index (κ3) is 3.64. The Morgan fingerprint density at radius 1 is 1.22 bits per heavy atom. The summed E-state index contributed by atoms with van der Waals surface area (Å²) < 4.78 is 7.44. The van der Waals surface area contributed by atoms with Crippen molar-refractivity contribution in [2.75, 3.05) is 13.1 Å². The zero-order chi connectivity index (χ0) is 18.6. The van der Waals surface area contributed by atoms with Gasteiger partial charge in [-0.25, -0.2) is 14.8 Å². The van der Waals surface area contributed by atoms with Crippen LogP contribution in [0.15, 0.2) is 48.7 Å². The number of aliphatic hydroxyl groups is 1. The number of amides is 1. The summed E-state index contributed by atoms with van der Waals surface area (Å²) in [4.78, 5) is 23.1. The highest BCUT2D eigenvalue weighted by molar-refractivity contribution is 5.71. The lowest BCUT2D eigenvalue weighted by atomic mass is 10.1. The molecule has 1 atom stereocenters. The van der Waals surface area contributed by atoms with Crippen LogP contribution in [0, 0.1) is 0 Å². The second kappa shape index (κ2) is 7.75. The topological polar surface area (TPSA) is 80.5 Å². The third-order valence-corrected chi connectivity index (χ3v) is 4.89. The van der Waals surface area contributed by atoms with E-state index in [1.807, 2.05) is 47.0 Å². The van der Waals surface area contributed by atoms with Crippen LogP contribution < -0.4 is 0 Å². The molecule has 0 unspecified atom stereocenters. The molecule has 0 saturated carbocycles. The highest BCUT2D eigenvalue weighted by Crippen LogP contribution is 2.27. The van der Waals surface area contributed by atoms with Crippen molar-refractivity contribution in [2.45, 2.75) is 32.1 Å². The Balaban J connectivity index is 1.49. The molecule has 1 fully saturated rings. The van der Waals surface area contributed by atoms with Crippen molar-refractivity contribution >= 4 is 17.3 Å². The maximum Gasteiger partial charge on any atom is 0.410 e. The largest absolute Gasteiger partial charge is 0.445 e. The molecule has 1 aromatic carbocycles. The molecule has 1 aliphatic rings. The minimum absolute atomic E-state index is 0.0186. The smallest absolute Gasteiger partial charge is 0.410 e. The van der Waals surface area contributed by atoms with Gasteiger partial charge in [0.2, 0.25) is 0 Å². The molecule has 1 amide bonds. The summed E-state index contributed by atoms with van der Waals surface area (Å²) in [7, 11) is 0. The summed E-state index contributed by atoms with van der Waals surface area (Å²) in [5.74, 6) is 0.577. The Bertz CT molecular complexity index is 925. The molecule has 0 radical (unpaired) electrons. The number of hydrogen-bond acceptors (Lipinski definition) is 5. The fraction of sp³-hybridized carbons (Fsp3) is 0.350. The van der Waals surface area contributed by atoms with Gasteiger partial charge in [0, 0.05) is 19.3 Å². The number of hydrogen-bond donors (Lipinski definition) is 1. The van der Waals surface area contributed by atoms with Crippen molar-refractivity contribution in [1.82, 2.24) is 19.4 Å². The Kier molecular flexibility index (Phi) is 5.02. The van der Waals surface area contributed by atoms with Crippen LogP contribution in [0.1, 0.15) is 30.3 Å². The Labute approximate surface area is 157 Å². The molecule has 140 valence electrons. The van der Waals surface area contributed by atoms with Gasteiger partial charge in [0.1, 0.15) is 24.6 Å². The zero-order valence-corrected chi connectivity index (χ0v) is 15.0. The maximum absolute atomic E-state index is 12.5. The monoisotopic (exact) mass is 366 g/mol. The minimum Gasteiger partial charge on any atom is -0.445 e. The van der Waals surface area contributed by atoms with Gasteiger partial charge in [-0.1, -0.05) is 30.3 Å². The molecule has 3 aromatic rings. The first-order valence-electron chi connectivity index (χ1n) is 9.14. The van der Waals surface area contributed by atoms with Crippen LogP contribution in [0.2, 0.25) is 0 Å². The average Bonchev–Trinajstić information content (AvgIpc) is 3.11. The molecular formula is C20H22N4O3. The number of aliphatic hydroxyl groups excluding tert-OH is 1. The van der Waals surface area contributed by atoms with E-state index >= 15 is 0 Å². The van der Waals surface area contributed by atoms with E-state index in [1.54, 1.807) is 11.1 Å². The number of carbonyl (C=O) groups excluding carboxylic acids is 1. The molecule has 1 saturated heterocycles. The zero-order valence-electron chi connectivity index (χ0n) is 15.0. The van der Waals surface area contributed by atoms with E-state index in [1.165, 1.54) is 0 Å². The van der Waals surface area contributed by atoms with Crippen LogP contribution in [0.3, 0.4) is 0 Å². The molecule has 0 aliphatic carbocycles. The number of carbonyl (C=O) groups is 1. The molecule has 4 rings (SSSR count). The lowest BCUT2D eigenvalue weighted by molar-refractivity contribution is 0.0798. The van der Waals surface area contributed by atoms with E-state index in [9.17, 15) is 9.90 Å². The van der Waals surface area contributed by atoms with Crippen LogP contribution in [-0.2, 0) is 18.0 Å². The van der Waals surface area contributed by atoms with Gasteiger partial charge in [0.05, 0.1) is 6.04 Å². The third-order valence-electron chi connectivity index (χ3n) is 4.89. The molecule has 7 heteroatoms. The van der Waals surface area contributed by atoms with Gasteiger partial charge in [-0.3, -0.25) is 0 Å². The van der Waals surface area contributed by atoms with E-state index in [0.717, 1.165) is 29.6 Å². The highest BCUT2D eigenvalue weighted by atomic mass is 16.6. The number of aromatic nitrogens is 3. The van der Waals surface area contributed by atoms with Crippen molar-refractivity contribution in [3.8, 4) is 0 Å². The number of likely N-dealkylation sites (tertiary alicyclic amines) is 1. The highest BCUT2D eigenvalue weighted by Gasteiger charge is 2.28. The molecule has 0 bridgehead atoms. The van der Waals surface area contributed by atoms with Crippen LogP contribution in [-0.4, -0.2) is 43.7 Å².